The molecule has 0 saturated carbocycles. The Balaban J connectivity index is 1.88. The molecule has 0 atom stereocenters. The van der Waals surface area contributed by atoms with Gasteiger partial charge in [-0.3, -0.25) is 0 Å². The summed E-state index contributed by atoms with van der Waals surface area (Å²) in [6.07, 6.45) is -3.22. The van der Waals surface area contributed by atoms with Gasteiger partial charge in [0.05, 0.1) is 13.3 Å². The van der Waals surface area contributed by atoms with E-state index in [1.165, 1.54) is 24.4 Å². The maximum Gasteiger partial charge on any atom is 0.573 e. The van der Waals surface area contributed by atoms with Crippen LogP contribution in [0.2, 0.25) is 0 Å². The fourth-order valence-electron chi connectivity index (χ4n) is 1.73. The van der Waals surface area contributed by atoms with Gasteiger partial charge < -0.3 is 14.3 Å². The standard InChI is InChI=1S/C16H14F3NO3/c1-21-14-7-5-12(6-8-14)10-20-22-11-13-3-2-4-15(9-13)23-16(17,18)19/h2-10H,11H2,1H3. The van der Waals surface area contributed by atoms with E-state index < -0.39 is 6.36 Å². The number of ether oxygens (including phenoxy) is 2. The lowest BCUT2D eigenvalue weighted by atomic mass is 10.2. The molecule has 122 valence electrons. The molecule has 0 aromatic heterocycles. The SMILES string of the molecule is COc1ccc(C=NOCc2cccc(OC(F)(F)F)c2)cc1. The summed E-state index contributed by atoms with van der Waals surface area (Å²) < 4.78 is 45.3. The predicted octanol–water partition coefficient (Wildman–Crippen LogP) is 4.14. The van der Waals surface area contributed by atoms with Crippen LogP contribution in [0.3, 0.4) is 0 Å². The normalized spacial score (nSPS) is 11.5. The Kier molecular flexibility index (Phi) is 5.46. The highest BCUT2D eigenvalue weighted by Gasteiger charge is 2.31. The fraction of sp³-hybridized carbons (Fsp3) is 0.188. The molecule has 0 fully saturated rings. The second-order valence-electron chi connectivity index (χ2n) is 4.48. The lowest BCUT2D eigenvalue weighted by molar-refractivity contribution is -0.274. The van der Waals surface area contributed by atoms with Crippen LogP contribution in [0.4, 0.5) is 13.2 Å². The molecule has 0 bridgehead atoms. The van der Waals surface area contributed by atoms with Gasteiger partial charge in [0.15, 0.2) is 0 Å². The van der Waals surface area contributed by atoms with Gasteiger partial charge in [-0.2, -0.15) is 0 Å². The molecule has 0 heterocycles. The largest absolute Gasteiger partial charge is 0.573 e. The number of hydrogen-bond acceptors (Lipinski definition) is 4. The summed E-state index contributed by atoms with van der Waals surface area (Å²) in [4.78, 5) is 5.07. The zero-order chi connectivity index (χ0) is 16.7. The number of hydrogen-bond donors (Lipinski definition) is 0. The van der Waals surface area contributed by atoms with Gasteiger partial charge in [-0.05, 0) is 47.5 Å². The zero-order valence-electron chi connectivity index (χ0n) is 12.2. The van der Waals surface area contributed by atoms with Crippen molar-refractivity contribution < 1.29 is 27.5 Å². The number of halogens is 3. The van der Waals surface area contributed by atoms with Crippen LogP contribution in [0, 0.1) is 0 Å². The molecule has 0 amide bonds. The molecule has 23 heavy (non-hydrogen) atoms. The molecular formula is C16H14F3NO3. The monoisotopic (exact) mass is 325 g/mol. The van der Waals surface area contributed by atoms with Crippen molar-refractivity contribution in [1.29, 1.82) is 0 Å². The summed E-state index contributed by atoms with van der Waals surface area (Å²) >= 11 is 0. The Labute approximate surface area is 131 Å². The van der Waals surface area contributed by atoms with E-state index >= 15 is 0 Å². The van der Waals surface area contributed by atoms with E-state index in [0.29, 0.717) is 5.56 Å². The molecule has 0 spiro atoms. The van der Waals surface area contributed by atoms with E-state index in [1.54, 1.807) is 37.4 Å². The number of oxime groups is 1. The van der Waals surface area contributed by atoms with Crippen molar-refractivity contribution in [2.45, 2.75) is 13.0 Å². The van der Waals surface area contributed by atoms with E-state index in [2.05, 4.69) is 9.89 Å². The van der Waals surface area contributed by atoms with Crippen LogP contribution >= 0.6 is 0 Å². The van der Waals surface area contributed by atoms with Crippen LogP contribution < -0.4 is 9.47 Å². The van der Waals surface area contributed by atoms with Gasteiger partial charge in [-0.15, -0.1) is 13.2 Å². The number of methoxy groups -OCH3 is 1. The Morgan fingerprint density at radius 1 is 1.04 bits per heavy atom. The Morgan fingerprint density at radius 3 is 2.43 bits per heavy atom. The molecular weight excluding hydrogens is 311 g/mol. The van der Waals surface area contributed by atoms with Crippen molar-refractivity contribution in [1.82, 2.24) is 0 Å². The van der Waals surface area contributed by atoms with Crippen LogP contribution in [-0.4, -0.2) is 19.7 Å². The Morgan fingerprint density at radius 2 is 1.78 bits per heavy atom. The highest BCUT2D eigenvalue weighted by Crippen LogP contribution is 2.23. The first kappa shape index (κ1) is 16.7. The minimum atomic E-state index is -4.72. The highest BCUT2D eigenvalue weighted by molar-refractivity contribution is 5.79. The quantitative estimate of drug-likeness (QED) is 0.592. The minimum Gasteiger partial charge on any atom is -0.497 e. The van der Waals surface area contributed by atoms with E-state index in [0.717, 1.165) is 11.3 Å². The van der Waals surface area contributed by atoms with Crippen LogP contribution in [0.1, 0.15) is 11.1 Å². The van der Waals surface area contributed by atoms with Crippen molar-refractivity contribution >= 4 is 6.21 Å². The third-order valence-corrected chi connectivity index (χ3v) is 2.76. The molecule has 0 aliphatic heterocycles. The summed E-state index contributed by atoms with van der Waals surface area (Å²) in [6, 6.07) is 12.7. The molecule has 4 nitrogen and oxygen atoms in total. The van der Waals surface area contributed by atoms with Gasteiger partial charge in [0.25, 0.3) is 0 Å². The lowest BCUT2D eigenvalue weighted by Crippen LogP contribution is -2.17. The molecule has 0 aliphatic rings. The van der Waals surface area contributed by atoms with E-state index in [1.807, 2.05) is 0 Å². The average molecular weight is 325 g/mol. The molecule has 2 aromatic carbocycles. The van der Waals surface area contributed by atoms with Crippen molar-refractivity contribution in [3.05, 3.63) is 59.7 Å². The van der Waals surface area contributed by atoms with Crippen molar-refractivity contribution in [3.63, 3.8) is 0 Å². The summed E-state index contributed by atoms with van der Waals surface area (Å²) in [5, 5.41) is 3.77. The number of alkyl halides is 3. The zero-order valence-corrected chi connectivity index (χ0v) is 12.2. The minimum absolute atomic E-state index is 0.0295. The van der Waals surface area contributed by atoms with Crippen LogP contribution in [-0.2, 0) is 11.4 Å². The van der Waals surface area contributed by atoms with E-state index in [-0.39, 0.29) is 12.4 Å². The van der Waals surface area contributed by atoms with Crippen LogP contribution in [0.5, 0.6) is 11.5 Å². The topological polar surface area (TPSA) is 40.0 Å². The maximum atomic E-state index is 12.1. The first-order chi connectivity index (χ1) is 11.0. The summed E-state index contributed by atoms with van der Waals surface area (Å²) in [6.45, 7) is 0.0295. The molecule has 0 radical (unpaired) electrons. The van der Waals surface area contributed by atoms with Gasteiger partial charge >= 0.3 is 6.36 Å². The highest BCUT2D eigenvalue weighted by atomic mass is 19.4. The second kappa shape index (κ2) is 7.53. The first-order valence-electron chi connectivity index (χ1n) is 6.60. The second-order valence-corrected chi connectivity index (χ2v) is 4.48. The Bertz CT molecular complexity index is 654. The molecule has 2 rings (SSSR count). The average Bonchev–Trinajstić information content (AvgIpc) is 2.51. The number of nitrogens with zero attached hydrogens (tertiary/aromatic N) is 1. The Hall–Kier alpha value is -2.70. The summed E-state index contributed by atoms with van der Waals surface area (Å²) in [5.74, 6) is 0.433. The summed E-state index contributed by atoms with van der Waals surface area (Å²) in [5.41, 5.74) is 1.32. The van der Waals surface area contributed by atoms with Crippen molar-refractivity contribution in [2.75, 3.05) is 7.11 Å². The fourth-order valence-corrected chi connectivity index (χ4v) is 1.73. The van der Waals surface area contributed by atoms with Gasteiger partial charge in [-0.25, -0.2) is 0 Å². The van der Waals surface area contributed by atoms with Crippen molar-refractivity contribution in [3.8, 4) is 11.5 Å². The third-order valence-electron chi connectivity index (χ3n) is 2.76. The number of rotatable bonds is 6. The smallest absolute Gasteiger partial charge is 0.497 e. The molecule has 0 aliphatic carbocycles. The number of benzene rings is 2. The molecule has 0 N–H and O–H groups in total. The lowest BCUT2D eigenvalue weighted by Gasteiger charge is -2.09. The van der Waals surface area contributed by atoms with Crippen LogP contribution in [0.15, 0.2) is 53.7 Å². The van der Waals surface area contributed by atoms with E-state index in [9.17, 15) is 13.2 Å². The molecule has 0 saturated heterocycles. The third kappa shape index (κ3) is 5.90. The van der Waals surface area contributed by atoms with E-state index in [4.69, 9.17) is 9.57 Å². The molecule has 7 heteroatoms. The first-order valence-corrected chi connectivity index (χ1v) is 6.60. The maximum absolute atomic E-state index is 12.1. The van der Waals surface area contributed by atoms with Crippen molar-refractivity contribution in [2.24, 2.45) is 5.16 Å². The predicted molar refractivity (Wildman–Crippen MR) is 78.5 cm³/mol. The molecule has 0 unspecified atom stereocenters. The van der Waals surface area contributed by atoms with Gasteiger partial charge in [-0.1, -0.05) is 17.3 Å². The van der Waals surface area contributed by atoms with Gasteiger partial charge in [0.2, 0.25) is 0 Å². The molecule has 2 aromatic rings. The van der Waals surface area contributed by atoms with Gasteiger partial charge in [0, 0.05) is 0 Å². The summed E-state index contributed by atoms with van der Waals surface area (Å²) in [7, 11) is 1.57. The van der Waals surface area contributed by atoms with Gasteiger partial charge in [0.1, 0.15) is 18.1 Å². The van der Waals surface area contributed by atoms with Crippen LogP contribution in [0.25, 0.3) is 0 Å².